The maximum absolute atomic E-state index is 13.1. The van der Waals surface area contributed by atoms with Crippen molar-refractivity contribution in [3.8, 4) is 5.75 Å². The van der Waals surface area contributed by atoms with Crippen LogP contribution in [0.2, 0.25) is 0 Å². The second kappa shape index (κ2) is 10.6. The van der Waals surface area contributed by atoms with Gasteiger partial charge in [0.1, 0.15) is 18.2 Å². The highest BCUT2D eigenvalue weighted by atomic mass is 19.1. The molecule has 29 heavy (non-hydrogen) atoms. The number of benzene rings is 2. The fourth-order valence-corrected chi connectivity index (χ4v) is 3.43. The monoisotopic (exact) mass is 402 g/mol. The summed E-state index contributed by atoms with van der Waals surface area (Å²) in [7, 11) is 0. The van der Waals surface area contributed by atoms with Crippen LogP contribution >= 0.6 is 0 Å². The minimum Gasteiger partial charge on any atom is -0.491 e. The van der Waals surface area contributed by atoms with Crippen LogP contribution in [0.4, 0.5) is 10.1 Å². The van der Waals surface area contributed by atoms with E-state index < -0.39 is 6.10 Å². The van der Waals surface area contributed by atoms with Crippen molar-refractivity contribution >= 4 is 5.69 Å². The van der Waals surface area contributed by atoms with Gasteiger partial charge in [0.15, 0.2) is 0 Å². The molecule has 1 saturated heterocycles. The number of ether oxygens (including phenoxy) is 2. The molecule has 1 aliphatic heterocycles. The molecule has 1 N–H and O–H groups in total. The fraction of sp³-hybridized carbons (Fsp3) is 0.478. The molecule has 158 valence electrons. The van der Waals surface area contributed by atoms with Crippen LogP contribution in [0.1, 0.15) is 11.1 Å². The van der Waals surface area contributed by atoms with Crippen LogP contribution in [0.5, 0.6) is 5.75 Å². The number of aliphatic hydroxyl groups is 1. The van der Waals surface area contributed by atoms with E-state index >= 15 is 0 Å². The largest absolute Gasteiger partial charge is 0.491 e. The van der Waals surface area contributed by atoms with Crippen LogP contribution in [-0.4, -0.2) is 68.7 Å². The number of nitrogens with zero attached hydrogens (tertiary/aromatic N) is 2. The topological polar surface area (TPSA) is 45.2 Å². The molecule has 5 nitrogen and oxygen atoms in total. The van der Waals surface area contributed by atoms with E-state index in [0.29, 0.717) is 26.4 Å². The van der Waals surface area contributed by atoms with Crippen LogP contribution in [0.3, 0.4) is 0 Å². The van der Waals surface area contributed by atoms with Crippen molar-refractivity contribution in [2.75, 3.05) is 57.4 Å². The zero-order valence-electron chi connectivity index (χ0n) is 17.3. The first-order valence-electron chi connectivity index (χ1n) is 10.2. The highest BCUT2D eigenvalue weighted by Crippen LogP contribution is 2.17. The second-order valence-electron chi connectivity index (χ2n) is 7.59. The molecule has 1 fully saturated rings. The number of aliphatic hydroxyl groups excluding tert-OH is 1. The summed E-state index contributed by atoms with van der Waals surface area (Å²) >= 11 is 0. The normalized spacial score (nSPS) is 16.1. The van der Waals surface area contributed by atoms with Gasteiger partial charge in [-0.3, -0.25) is 4.90 Å². The summed E-state index contributed by atoms with van der Waals surface area (Å²) in [6, 6.07) is 12.6. The zero-order valence-corrected chi connectivity index (χ0v) is 17.3. The van der Waals surface area contributed by atoms with Crippen LogP contribution in [0, 0.1) is 19.7 Å². The number of hydrogen-bond acceptors (Lipinski definition) is 5. The lowest BCUT2D eigenvalue weighted by atomic mass is 10.1. The lowest BCUT2D eigenvalue weighted by Crippen LogP contribution is -2.49. The molecule has 0 bridgehead atoms. The Kier molecular flexibility index (Phi) is 7.86. The highest BCUT2D eigenvalue weighted by Gasteiger charge is 2.19. The van der Waals surface area contributed by atoms with Crippen LogP contribution in [0.25, 0.3) is 0 Å². The van der Waals surface area contributed by atoms with Crippen LogP contribution in [-0.2, 0) is 4.74 Å². The predicted octanol–water partition coefficient (Wildman–Crippen LogP) is 3.02. The second-order valence-corrected chi connectivity index (χ2v) is 7.59. The van der Waals surface area contributed by atoms with Gasteiger partial charge in [0.25, 0.3) is 0 Å². The Morgan fingerprint density at radius 3 is 2.38 bits per heavy atom. The minimum absolute atomic E-state index is 0.213. The van der Waals surface area contributed by atoms with E-state index in [1.54, 1.807) is 0 Å². The van der Waals surface area contributed by atoms with E-state index in [0.717, 1.165) is 37.6 Å². The van der Waals surface area contributed by atoms with Crippen molar-refractivity contribution in [3.63, 3.8) is 0 Å². The van der Waals surface area contributed by atoms with Gasteiger partial charge in [-0.15, -0.1) is 0 Å². The van der Waals surface area contributed by atoms with E-state index in [9.17, 15) is 9.50 Å². The molecule has 0 radical (unpaired) electrons. The SMILES string of the molecule is Cc1ccc(OCCOCC(O)CN2CCN(c3ccc(F)cc3)CC2)cc1C. The van der Waals surface area contributed by atoms with Gasteiger partial charge in [-0.25, -0.2) is 4.39 Å². The Hall–Kier alpha value is -2.15. The molecule has 1 heterocycles. The van der Waals surface area contributed by atoms with Crippen LogP contribution in [0.15, 0.2) is 42.5 Å². The summed E-state index contributed by atoms with van der Waals surface area (Å²) < 4.78 is 24.3. The first-order valence-corrected chi connectivity index (χ1v) is 10.2. The molecular formula is C23H31FN2O3. The number of aryl methyl sites for hydroxylation is 2. The zero-order chi connectivity index (χ0) is 20.6. The number of rotatable bonds is 9. The third-order valence-corrected chi connectivity index (χ3v) is 5.32. The summed E-state index contributed by atoms with van der Waals surface area (Å²) in [6.45, 7) is 9.40. The average Bonchev–Trinajstić information content (AvgIpc) is 2.71. The first-order chi connectivity index (χ1) is 14.0. The van der Waals surface area contributed by atoms with Gasteiger partial charge in [0, 0.05) is 38.4 Å². The molecule has 0 amide bonds. The van der Waals surface area contributed by atoms with Crippen molar-refractivity contribution in [2.24, 2.45) is 0 Å². The van der Waals surface area contributed by atoms with E-state index in [1.165, 1.54) is 23.3 Å². The van der Waals surface area contributed by atoms with E-state index in [1.807, 2.05) is 30.3 Å². The number of anilines is 1. The highest BCUT2D eigenvalue weighted by molar-refractivity contribution is 5.46. The van der Waals surface area contributed by atoms with Crippen LogP contribution < -0.4 is 9.64 Å². The molecule has 0 aliphatic carbocycles. The lowest BCUT2D eigenvalue weighted by molar-refractivity contribution is 0.00718. The molecule has 0 spiro atoms. The summed E-state index contributed by atoms with van der Waals surface area (Å²) in [4.78, 5) is 4.47. The quantitative estimate of drug-likeness (QED) is 0.654. The Morgan fingerprint density at radius 1 is 0.966 bits per heavy atom. The first kappa shape index (κ1) is 21.6. The molecule has 6 heteroatoms. The van der Waals surface area contributed by atoms with Gasteiger partial charge >= 0.3 is 0 Å². The fourth-order valence-electron chi connectivity index (χ4n) is 3.43. The Labute approximate surface area is 172 Å². The van der Waals surface area contributed by atoms with Crippen molar-refractivity contribution < 1.29 is 19.0 Å². The summed E-state index contributed by atoms with van der Waals surface area (Å²) in [5, 5.41) is 10.2. The van der Waals surface area contributed by atoms with Gasteiger partial charge in [0.2, 0.25) is 0 Å². The summed E-state index contributed by atoms with van der Waals surface area (Å²) in [6.07, 6.45) is -0.519. The predicted molar refractivity (Wildman–Crippen MR) is 113 cm³/mol. The number of hydrogen-bond donors (Lipinski definition) is 1. The van der Waals surface area contributed by atoms with Gasteiger partial charge in [-0.1, -0.05) is 6.07 Å². The Bertz CT molecular complexity index is 761. The smallest absolute Gasteiger partial charge is 0.123 e. The van der Waals surface area contributed by atoms with Gasteiger partial charge in [-0.2, -0.15) is 0 Å². The molecule has 1 unspecified atom stereocenters. The molecule has 0 saturated carbocycles. The Morgan fingerprint density at radius 2 is 1.69 bits per heavy atom. The molecule has 0 aromatic heterocycles. The summed E-state index contributed by atoms with van der Waals surface area (Å²) in [5.41, 5.74) is 3.49. The van der Waals surface area contributed by atoms with Crippen molar-refractivity contribution in [2.45, 2.75) is 20.0 Å². The number of piperazine rings is 1. The van der Waals surface area contributed by atoms with E-state index in [-0.39, 0.29) is 5.82 Å². The van der Waals surface area contributed by atoms with Gasteiger partial charge < -0.3 is 19.5 Å². The van der Waals surface area contributed by atoms with E-state index in [2.05, 4.69) is 23.6 Å². The molecule has 1 atom stereocenters. The lowest BCUT2D eigenvalue weighted by Gasteiger charge is -2.36. The minimum atomic E-state index is -0.519. The molecule has 3 rings (SSSR count). The number of halogens is 1. The van der Waals surface area contributed by atoms with Gasteiger partial charge in [0.05, 0.1) is 19.3 Å². The maximum Gasteiger partial charge on any atom is 0.123 e. The standard InChI is InChI=1S/C23H31FN2O3/c1-18-3-8-23(15-19(18)2)29-14-13-28-17-22(27)16-25-9-11-26(12-10-25)21-6-4-20(24)5-7-21/h3-8,15,22,27H,9-14,16-17H2,1-2H3. The van der Waals surface area contributed by atoms with Crippen molar-refractivity contribution in [1.82, 2.24) is 4.90 Å². The third-order valence-electron chi connectivity index (χ3n) is 5.32. The Balaban J connectivity index is 1.28. The average molecular weight is 403 g/mol. The molecular weight excluding hydrogens is 371 g/mol. The van der Waals surface area contributed by atoms with Gasteiger partial charge in [-0.05, 0) is 61.4 Å². The van der Waals surface area contributed by atoms with Crippen molar-refractivity contribution in [3.05, 3.63) is 59.4 Å². The molecule has 1 aliphatic rings. The number of β-amino-alcohol motifs (C(OH)–C–C–N with tert-alkyl or cyclic N) is 1. The molecule has 2 aromatic carbocycles. The molecule has 2 aromatic rings. The summed E-state index contributed by atoms with van der Waals surface area (Å²) in [5.74, 6) is 0.631. The third kappa shape index (κ3) is 6.70. The van der Waals surface area contributed by atoms with E-state index in [4.69, 9.17) is 9.47 Å². The van der Waals surface area contributed by atoms with Crippen molar-refractivity contribution in [1.29, 1.82) is 0 Å². The maximum atomic E-state index is 13.1.